The molecule has 0 aliphatic rings. The molecule has 9 heteroatoms. The molecule has 7 nitrogen and oxygen atoms in total. The fourth-order valence-corrected chi connectivity index (χ4v) is 3.00. The van der Waals surface area contributed by atoms with E-state index in [1.807, 2.05) is 0 Å². The van der Waals surface area contributed by atoms with Crippen molar-refractivity contribution >= 4 is 27.6 Å². The Labute approximate surface area is 136 Å². The molecule has 0 atom stereocenters. The molecular formula is C15H12FNO6S. The Morgan fingerprint density at radius 3 is 2.42 bits per heavy atom. The Kier molecular flexibility index (Phi) is 4.84. The molecule has 0 aliphatic heterocycles. The number of esters is 1. The van der Waals surface area contributed by atoms with Gasteiger partial charge in [-0.05, 0) is 30.3 Å². The molecule has 126 valence electrons. The number of nitrogens with one attached hydrogen (secondary N) is 1. The van der Waals surface area contributed by atoms with Gasteiger partial charge in [-0.2, -0.15) is 0 Å². The fraction of sp³-hybridized carbons (Fsp3) is 0.0667. The highest BCUT2D eigenvalue weighted by Gasteiger charge is 2.21. The van der Waals surface area contributed by atoms with Crippen LogP contribution in [0.3, 0.4) is 0 Å². The number of carboxylic acids is 1. The summed E-state index contributed by atoms with van der Waals surface area (Å²) < 4.78 is 44.9. The summed E-state index contributed by atoms with van der Waals surface area (Å²) in [6.45, 7) is 0. The molecule has 0 radical (unpaired) electrons. The summed E-state index contributed by atoms with van der Waals surface area (Å²) in [7, 11) is -3.09. The van der Waals surface area contributed by atoms with E-state index in [2.05, 4.69) is 9.46 Å². The van der Waals surface area contributed by atoms with E-state index in [1.54, 1.807) is 0 Å². The van der Waals surface area contributed by atoms with Gasteiger partial charge in [0.05, 0.1) is 28.8 Å². The zero-order valence-corrected chi connectivity index (χ0v) is 13.1. The Hall–Kier alpha value is -2.94. The molecule has 2 N–H and O–H groups in total. The van der Waals surface area contributed by atoms with Crippen molar-refractivity contribution in [2.24, 2.45) is 0 Å². The molecule has 2 rings (SSSR count). The predicted octanol–water partition coefficient (Wildman–Crippen LogP) is 2.11. The first-order chi connectivity index (χ1) is 11.3. The fourth-order valence-electron chi connectivity index (χ4n) is 1.90. The molecule has 0 saturated carbocycles. The number of ether oxygens (including phenoxy) is 1. The highest BCUT2D eigenvalue weighted by Crippen LogP contribution is 2.22. The Bertz CT molecular complexity index is 910. The predicted molar refractivity (Wildman–Crippen MR) is 81.9 cm³/mol. The summed E-state index contributed by atoms with van der Waals surface area (Å²) in [4.78, 5) is 22.1. The molecule has 2 aromatic rings. The third kappa shape index (κ3) is 3.51. The number of para-hydroxylation sites is 1. The van der Waals surface area contributed by atoms with Gasteiger partial charge in [-0.1, -0.05) is 12.1 Å². The van der Waals surface area contributed by atoms with Crippen LogP contribution in [0.4, 0.5) is 10.1 Å². The highest BCUT2D eigenvalue weighted by molar-refractivity contribution is 7.92. The molecule has 0 bridgehead atoms. The summed E-state index contributed by atoms with van der Waals surface area (Å²) in [6.07, 6.45) is 0. The van der Waals surface area contributed by atoms with Crippen LogP contribution < -0.4 is 4.72 Å². The van der Waals surface area contributed by atoms with E-state index in [1.165, 1.54) is 24.3 Å². The number of rotatable bonds is 5. The molecule has 0 unspecified atom stereocenters. The van der Waals surface area contributed by atoms with Gasteiger partial charge in [0, 0.05) is 0 Å². The van der Waals surface area contributed by atoms with Crippen LogP contribution in [0.15, 0.2) is 47.4 Å². The summed E-state index contributed by atoms with van der Waals surface area (Å²) >= 11 is 0. The third-order valence-electron chi connectivity index (χ3n) is 3.06. The van der Waals surface area contributed by atoms with Crippen LogP contribution in [-0.4, -0.2) is 32.6 Å². The van der Waals surface area contributed by atoms with Crippen molar-refractivity contribution in [2.45, 2.75) is 4.90 Å². The maximum absolute atomic E-state index is 13.4. The lowest BCUT2D eigenvalue weighted by atomic mass is 10.2. The molecule has 0 fully saturated rings. The molecule has 0 aliphatic carbocycles. The van der Waals surface area contributed by atoms with Crippen LogP contribution >= 0.6 is 0 Å². The minimum Gasteiger partial charge on any atom is -0.478 e. The second-order valence-electron chi connectivity index (χ2n) is 4.59. The quantitative estimate of drug-likeness (QED) is 0.797. The van der Waals surface area contributed by atoms with Crippen LogP contribution in [0.25, 0.3) is 0 Å². The van der Waals surface area contributed by atoms with E-state index in [-0.39, 0.29) is 11.3 Å². The standard InChI is InChI=1S/C15H12FNO6S/c1-23-15(20)10-4-2-3-5-13(10)17-24(21,22)9-6-7-12(16)11(8-9)14(18)19/h2-8,17H,1H3,(H,18,19). The van der Waals surface area contributed by atoms with Gasteiger partial charge in [0.15, 0.2) is 0 Å². The maximum atomic E-state index is 13.4. The van der Waals surface area contributed by atoms with Crippen LogP contribution in [0, 0.1) is 5.82 Å². The molecule has 0 spiro atoms. The van der Waals surface area contributed by atoms with Crippen molar-refractivity contribution in [3.05, 3.63) is 59.4 Å². The van der Waals surface area contributed by atoms with Crippen LogP contribution in [0.2, 0.25) is 0 Å². The first kappa shape index (κ1) is 17.4. The van der Waals surface area contributed by atoms with E-state index in [9.17, 15) is 22.4 Å². The second-order valence-corrected chi connectivity index (χ2v) is 6.27. The SMILES string of the molecule is COC(=O)c1ccccc1NS(=O)(=O)c1ccc(F)c(C(=O)O)c1. The molecule has 0 aromatic heterocycles. The van der Waals surface area contributed by atoms with Gasteiger partial charge in [-0.3, -0.25) is 4.72 Å². The van der Waals surface area contributed by atoms with Gasteiger partial charge < -0.3 is 9.84 Å². The molecule has 0 heterocycles. The van der Waals surface area contributed by atoms with Crippen molar-refractivity contribution in [1.29, 1.82) is 0 Å². The van der Waals surface area contributed by atoms with E-state index in [0.717, 1.165) is 19.2 Å². The number of aromatic carboxylic acids is 1. The van der Waals surface area contributed by atoms with Crippen molar-refractivity contribution < 1.29 is 32.2 Å². The topological polar surface area (TPSA) is 110 Å². The number of carbonyl (C=O) groups excluding carboxylic acids is 1. The summed E-state index contributed by atoms with van der Waals surface area (Å²) in [6, 6.07) is 8.07. The largest absolute Gasteiger partial charge is 0.478 e. The average molecular weight is 353 g/mol. The number of halogens is 1. The molecule has 0 amide bonds. The number of benzene rings is 2. The van der Waals surface area contributed by atoms with Gasteiger partial charge in [0.2, 0.25) is 0 Å². The first-order valence-electron chi connectivity index (χ1n) is 6.49. The summed E-state index contributed by atoms with van der Waals surface area (Å²) in [5, 5.41) is 8.88. The van der Waals surface area contributed by atoms with Gasteiger partial charge in [0.1, 0.15) is 5.82 Å². The van der Waals surface area contributed by atoms with Crippen LogP contribution in [0.5, 0.6) is 0 Å². The van der Waals surface area contributed by atoms with Gasteiger partial charge in [0.25, 0.3) is 10.0 Å². The third-order valence-corrected chi connectivity index (χ3v) is 4.42. The molecule has 0 saturated heterocycles. The number of carboxylic acid groups (broad SMARTS) is 1. The lowest BCUT2D eigenvalue weighted by Crippen LogP contribution is -2.17. The zero-order chi connectivity index (χ0) is 17.9. The Balaban J connectivity index is 2.45. The van der Waals surface area contributed by atoms with Gasteiger partial charge >= 0.3 is 11.9 Å². The van der Waals surface area contributed by atoms with Gasteiger partial charge in [-0.15, -0.1) is 0 Å². The number of methoxy groups -OCH3 is 1. The van der Waals surface area contributed by atoms with E-state index < -0.39 is 38.2 Å². The van der Waals surface area contributed by atoms with Gasteiger partial charge in [-0.25, -0.2) is 22.4 Å². The van der Waals surface area contributed by atoms with Crippen LogP contribution in [-0.2, 0) is 14.8 Å². The summed E-state index contributed by atoms with van der Waals surface area (Å²) in [5.74, 6) is -3.41. The number of sulfonamides is 1. The van der Waals surface area contributed by atoms with E-state index >= 15 is 0 Å². The monoisotopic (exact) mass is 353 g/mol. The minimum atomic E-state index is -4.24. The minimum absolute atomic E-state index is 0.0239. The molecule has 2 aromatic carbocycles. The second kappa shape index (κ2) is 6.67. The first-order valence-corrected chi connectivity index (χ1v) is 7.97. The highest BCUT2D eigenvalue weighted by atomic mass is 32.2. The zero-order valence-electron chi connectivity index (χ0n) is 12.3. The number of anilines is 1. The van der Waals surface area contributed by atoms with Crippen molar-refractivity contribution in [2.75, 3.05) is 11.8 Å². The number of carbonyl (C=O) groups is 2. The Morgan fingerprint density at radius 2 is 1.79 bits per heavy atom. The smallest absolute Gasteiger partial charge is 0.339 e. The van der Waals surface area contributed by atoms with Crippen molar-refractivity contribution in [1.82, 2.24) is 0 Å². The summed E-state index contributed by atoms with van der Waals surface area (Å²) in [5.41, 5.74) is -0.853. The van der Waals surface area contributed by atoms with Crippen molar-refractivity contribution in [3.8, 4) is 0 Å². The lowest BCUT2D eigenvalue weighted by molar-refractivity contribution is 0.0601. The maximum Gasteiger partial charge on any atom is 0.339 e. The van der Waals surface area contributed by atoms with Crippen LogP contribution in [0.1, 0.15) is 20.7 Å². The molecule has 24 heavy (non-hydrogen) atoms. The van der Waals surface area contributed by atoms with E-state index in [4.69, 9.17) is 5.11 Å². The molecular weight excluding hydrogens is 341 g/mol. The Morgan fingerprint density at radius 1 is 1.12 bits per heavy atom. The average Bonchev–Trinajstić information content (AvgIpc) is 2.54. The van der Waals surface area contributed by atoms with E-state index in [0.29, 0.717) is 6.07 Å². The number of hydrogen-bond donors (Lipinski definition) is 2. The number of hydrogen-bond acceptors (Lipinski definition) is 5. The normalized spacial score (nSPS) is 10.9. The van der Waals surface area contributed by atoms with Crippen molar-refractivity contribution in [3.63, 3.8) is 0 Å². The lowest BCUT2D eigenvalue weighted by Gasteiger charge is -2.12.